The van der Waals surface area contributed by atoms with Crippen molar-refractivity contribution in [3.05, 3.63) is 59.3 Å². The molecule has 1 heterocycles. The van der Waals surface area contributed by atoms with Gasteiger partial charge in [-0.25, -0.2) is 0 Å². The Hall–Kier alpha value is -1.91. The maximum absolute atomic E-state index is 11.7. The van der Waals surface area contributed by atoms with Crippen molar-refractivity contribution in [1.29, 1.82) is 0 Å². The molecule has 0 bridgehead atoms. The highest BCUT2D eigenvalue weighted by Crippen LogP contribution is 2.20. The van der Waals surface area contributed by atoms with Crippen LogP contribution in [0.2, 0.25) is 5.02 Å². The number of rotatable bonds is 4. The second kappa shape index (κ2) is 13.4. The molecule has 1 aromatic rings. The Kier molecular flexibility index (Phi) is 12.4. The molecule has 0 saturated carbocycles. The summed E-state index contributed by atoms with van der Waals surface area (Å²) in [7, 11) is 0. The Bertz CT molecular complexity index is 534. The van der Waals surface area contributed by atoms with E-state index >= 15 is 0 Å². The van der Waals surface area contributed by atoms with Crippen LogP contribution >= 0.6 is 11.6 Å². The predicted octanol–water partition coefficient (Wildman–Crippen LogP) is 4.57. The van der Waals surface area contributed by atoms with Crippen LogP contribution in [-0.4, -0.2) is 29.8 Å². The summed E-state index contributed by atoms with van der Waals surface area (Å²) in [4.78, 5) is 19.7. The molecule has 0 radical (unpaired) electrons. The number of carbonyl (C=O) groups excluding carboxylic acids is 2. The molecule has 138 valence electrons. The Morgan fingerprint density at radius 1 is 1.32 bits per heavy atom. The minimum Gasteiger partial charge on any atom is -0.515 e. The fourth-order valence-electron chi connectivity index (χ4n) is 2.45. The molecule has 5 heteroatoms. The molecule has 2 atom stereocenters. The normalized spacial score (nSPS) is 20.8. The molecule has 1 saturated heterocycles. The molecule has 1 aliphatic heterocycles. The van der Waals surface area contributed by atoms with E-state index in [-0.39, 0.29) is 17.9 Å². The van der Waals surface area contributed by atoms with Gasteiger partial charge in [0.25, 0.3) is 0 Å². The highest BCUT2D eigenvalue weighted by molar-refractivity contribution is 6.30. The van der Waals surface area contributed by atoms with Crippen LogP contribution in [0.5, 0.6) is 0 Å². The molecule has 0 amide bonds. The lowest BCUT2D eigenvalue weighted by Gasteiger charge is -2.31. The number of nitrogens with one attached hydrogen (secondary N) is 1. The van der Waals surface area contributed by atoms with E-state index in [0.717, 1.165) is 30.5 Å². The molecule has 0 aliphatic carbocycles. The van der Waals surface area contributed by atoms with Gasteiger partial charge in [-0.05, 0) is 38.3 Å². The van der Waals surface area contributed by atoms with Gasteiger partial charge in [-0.1, -0.05) is 42.3 Å². The number of hydrogen-bond acceptors (Lipinski definition) is 4. The largest absolute Gasteiger partial charge is 0.515 e. The number of aliphatic hydroxyl groups excluding tert-OH is 1. The van der Waals surface area contributed by atoms with Gasteiger partial charge >= 0.3 is 0 Å². The van der Waals surface area contributed by atoms with Gasteiger partial charge in [0.15, 0.2) is 5.78 Å². The minimum absolute atomic E-state index is 0.0146. The zero-order valence-corrected chi connectivity index (χ0v) is 15.8. The second-order valence-corrected chi connectivity index (χ2v) is 6.13. The Labute approximate surface area is 155 Å². The van der Waals surface area contributed by atoms with E-state index in [1.807, 2.05) is 44.1 Å². The number of halogens is 1. The highest BCUT2D eigenvalue weighted by atomic mass is 35.5. The molecule has 4 nitrogen and oxygen atoms in total. The van der Waals surface area contributed by atoms with Gasteiger partial charge in [-0.15, -0.1) is 6.58 Å². The third-order valence-corrected chi connectivity index (χ3v) is 4.12. The van der Waals surface area contributed by atoms with E-state index in [2.05, 4.69) is 18.8 Å². The molecule has 25 heavy (non-hydrogen) atoms. The van der Waals surface area contributed by atoms with Crippen molar-refractivity contribution in [2.24, 2.45) is 0 Å². The monoisotopic (exact) mass is 365 g/mol. The lowest BCUT2D eigenvalue weighted by molar-refractivity contribution is -0.117. The van der Waals surface area contributed by atoms with Crippen molar-refractivity contribution >= 4 is 24.2 Å². The maximum Gasteiger partial charge on any atom is 0.165 e. The van der Waals surface area contributed by atoms with Crippen LogP contribution in [0.25, 0.3) is 0 Å². The third kappa shape index (κ3) is 8.66. The van der Waals surface area contributed by atoms with Gasteiger partial charge in [-0.2, -0.15) is 0 Å². The van der Waals surface area contributed by atoms with Crippen LogP contribution in [-0.2, 0) is 9.59 Å². The van der Waals surface area contributed by atoms with Gasteiger partial charge in [-0.3, -0.25) is 4.79 Å². The van der Waals surface area contributed by atoms with Crippen LogP contribution in [0.3, 0.4) is 0 Å². The first-order valence-electron chi connectivity index (χ1n) is 8.27. The van der Waals surface area contributed by atoms with E-state index in [4.69, 9.17) is 21.5 Å². The molecule has 1 fully saturated rings. The van der Waals surface area contributed by atoms with Gasteiger partial charge in [0, 0.05) is 29.1 Å². The molecule has 2 rings (SSSR count). The van der Waals surface area contributed by atoms with Crippen molar-refractivity contribution in [3.63, 3.8) is 0 Å². The zero-order chi connectivity index (χ0) is 19.2. The number of ketones is 1. The van der Waals surface area contributed by atoms with E-state index in [9.17, 15) is 4.79 Å². The summed E-state index contributed by atoms with van der Waals surface area (Å²) >= 11 is 5.61. The number of allylic oxidation sites excluding steroid dienone is 1. The van der Waals surface area contributed by atoms with Crippen LogP contribution in [0.4, 0.5) is 0 Å². The molecule has 1 aliphatic rings. The standard InChI is InChI=1S/C12H19NO2.C7H7Cl.CH2O/c1-3-5-6-11-10(8-14)12(15)7-9(4-2)13-11;1-6-2-4-7(8)5-3-6;1-2/h3,8-9,11,13-14H,1,4-7H2,2H3;2-5H,1H3;1H2/b10-8-;;. The summed E-state index contributed by atoms with van der Waals surface area (Å²) in [6, 6.07) is 7.98. The first-order valence-corrected chi connectivity index (χ1v) is 8.65. The Balaban J connectivity index is 0.000000483. The number of hydrogen-bond donors (Lipinski definition) is 2. The summed E-state index contributed by atoms with van der Waals surface area (Å²) in [5.74, 6) is 0.0668. The third-order valence-electron chi connectivity index (χ3n) is 3.87. The topological polar surface area (TPSA) is 66.4 Å². The average molecular weight is 366 g/mol. The van der Waals surface area contributed by atoms with Gasteiger partial charge in [0.1, 0.15) is 6.79 Å². The smallest absolute Gasteiger partial charge is 0.165 e. The summed E-state index contributed by atoms with van der Waals surface area (Å²) in [6.07, 6.45) is 5.88. The fourth-order valence-corrected chi connectivity index (χ4v) is 2.58. The van der Waals surface area contributed by atoms with Crippen LogP contribution < -0.4 is 5.32 Å². The molecular weight excluding hydrogens is 338 g/mol. The lowest BCUT2D eigenvalue weighted by atomic mass is 9.89. The second-order valence-electron chi connectivity index (χ2n) is 5.70. The van der Waals surface area contributed by atoms with E-state index < -0.39 is 0 Å². The van der Waals surface area contributed by atoms with E-state index in [1.165, 1.54) is 5.56 Å². The number of aliphatic hydroxyl groups is 1. The summed E-state index contributed by atoms with van der Waals surface area (Å²) in [5.41, 5.74) is 1.76. The number of aryl methyl sites for hydroxylation is 1. The van der Waals surface area contributed by atoms with Gasteiger partial charge in [0.2, 0.25) is 0 Å². The van der Waals surface area contributed by atoms with Crippen LogP contribution in [0.15, 0.2) is 48.8 Å². The van der Waals surface area contributed by atoms with Crippen molar-refractivity contribution < 1.29 is 14.7 Å². The summed E-state index contributed by atoms with van der Waals surface area (Å²) in [5, 5.41) is 13.2. The number of carbonyl (C=O) groups is 2. The van der Waals surface area contributed by atoms with Crippen molar-refractivity contribution in [1.82, 2.24) is 5.32 Å². The predicted molar refractivity (Wildman–Crippen MR) is 104 cm³/mol. The van der Waals surface area contributed by atoms with Crippen molar-refractivity contribution in [2.45, 2.75) is 51.6 Å². The average Bonchev–Trinajstić information content (AvgIpc) is 2.64. The minimum atomic E-state index is -0.0146. The Morgan fingerprint density at radius 2 is 1.92 bits per heavy atom. The highest BCUT2D eigenvalue weighted by Gasteiger charge is 2.29. The Morgan fingerprint density at radius 3 is 2.36 bits per heavy atom. The quantitative estimate of drug-likeness (QED) is 0.466. The van der Waals surface area contributed by atoms with Crippen molar-refractivity contribution in [2.75, 3.05) is 0 Å². The first kappa shape index (κ1) is 23.1. The molecule has 2 unspecified atom stereocenters. The summed E-state index contributed by atoms with van der Waals surface area (Å²) in [6.45, 7) is 9.76. The number of piperidine rings is 1. The van der Waals surface area contributed by atoms with E-state index in [1.54, 1.807) is 0 Å². The van der Waals surface area contributed by atoms with E-state index in [0.29, 0.717) is 12.0 Å². The van der Waals surface area contributed by atoms with Crippen molar-refractivity contribution in [3.8, 4) is 0 Å². The van der Waals surface area contributed by atoms with Crippen LogP contribution in [0, 0.1) is 6.92 Å². The van der Waals surface area contributed by atoms with Crippen LogP contribution in [0.1, 0.15) is 38.2 Å². The maximum atomic E-state index is 11.7. The molecule has 1 aromatic carbocycles. The van der Waals surface area contributed by atoms with Gasteiger partial charge < -0.3 is 15.2 Å². The summed E-state index contributed by atoms with van der Waals surface area (Å²) < 4.78 is 0. The molecule has 0 aromatic heterocycles. The molecule has 0 spiro atoms. The first-order chi connectivity index (χ1) is 12.0. The molecular formula is C20H28ClNO3. The van der Waals surface area contributed by atoms with Gasteiger partial charge in [0.05, 0.1) is 6.26 Å². The number of Topliss-reactive ketones (excluding diaryl/α,β-unsaturated/α-hetero) is 1. The lowest BCUT2D eigenvalue weighted by Crippen LogP contribution is -2.47. The fraction of sp³-hybridized carbons (Fsp3) is 0.400. The zero-order valence-electron chi connectivity index (χ0n) is 15.0. The number of benzene rings is 1. The molecule has 2 N–H and O–H groups in total. The SMILES string of the molecule is C=CCCC1NC(CC)CC(=O)/C1=C\O.C=O.Cc1ccc(Cl)cc1.